The molecule has 0 fully saturated rings. The van der Waals surface area contributed by atoms with Crippen molar-refractivity contribution >= 4 is 69.2 Å². The third-order valence-corrected chi connectivity index (χ3v) is 9.88. The molecule has 0 aliphatic rings. The molecular formula is C29H44N10O9S4. The Hall–Kier alpha value is -4.42. The number of methoxy groups -OCH3 is 1. The summed E-state index contributed by atoms with van der Waals surface area (Å²) in [6.07, 6.45) is 2.80. The highest BCUT2D eigenvalue weighted by Gasteiger charge is 2.20. The van der Waals surface area contributed by atoms with Crippen molar-refractivity contribution in [2.45, 2.75) is 34.0 Å². The van der Waals surface area contributed by atoms with Crippen LogP contribution in [0.1, 0.15) is 12.6 Å². The number of nitrogens with one attached hydrogen (secondary N) is 3. The number of hydrogen-bond donors (Lipinski definition) is 3. The highest BCUT2D eigenvalue weighted by atomic mass is 32.2. The lowest BCUT2D eigenvalue weighted by Gasteiger charge is -2.19. The predicted molar refractivity (Wildman–Crippen MR) is 202 cm³/mol. The third-order valence-electron chi connectivity index (χ3n) is 6.58. The molecule has 52 heavy (non-hydrogen) atoms. The van der Waals surface area contributed by atoms with Crippen LogP contribution in [0.4, 0.5) is 21.0 Å². The van der Waals surface area contributed by atoms with Gasteiger partial charge in [0, 0.05) is 43.7 Å². The lowest BCUT2D eigenvalue weighted by molar-refractivity contribution is 0.125. The van der Waals surface area contributed by atoms with Gasteiger partial charge in [0.1, 0.15) is 0 Å². The number of aromatic amines is 1. The Balaban J connectivity index is 0.000000437. The number of para-hydroxylation sites is 2. The average molecular weight is 805 g/mol. The lowest BCUT2D eigenvalue weighted by Crippen LogP contribution is -2.37. The van der Waals surface area contributed by atoms with Crippen LogP contribution in [0.15, 0.2) is 66.1 Å². The van der Waals surface area contributed by atoms with Crippen LogP contribution in [0, 0.1) is 13.8 Å². The normalized spacial score (nSPS) is 11.6. The largest absolute Gasteiger partial charge is 0.451 e. The van der Waals surface area contributed by atoms with E-state index in [1.54, 1.807) is 37.6 Å². The summed E-state index contributed by atoms with van der Waals surface area (Å²) in [6, 6.07) is 9.70. The number of H-pyrrole nitrogens is 1. The van der Waals surface area contributed by atoms with Crippen LogP contribution in [0.3, 0.4) is 0 Å². The van der Waals surface area contributed by atoms with Crippen LogP contribution in [-0.2, 0) is 49.6 Å². The number of carbonyl (C=O) groups excluding carboxylic acids is 2. The van der Waals surface area contributed by atoms with Gasteiger partial charge in [-0.25, -0.2) is 32.7 Å². The first-order valence-corrected chi connectivity index (χ1v) is 19.3. The highest BCUT2D eigenvalue weighted by molar-refractivity contribution is 7.98. The molecule has 2 aromatic heterocycles. The van der Waals surface area contributed by atoms with Crippen LogP contribution in [0.5, 0.6) is 0 Å². The second kappa shape index (κ2) is 20.6. The molecule has 23 heteroatoms. The van der Waals surface area contributed by atoms with Crippen molar-refractivity contribution in [1.29, 1.82) is 0 Å². The number of nitrogens with zero attached hydrogens (tertiary/aromatic N) is 7. The van der Waals surface area contributed by atoms with E-state index in [1.165, 1.54) is 46.8 Å². The number of anilines is 2. The number of carbonyl (C=O) groups is 2. The van der Waals surface area contributed by atoms with Gasteiger partial charge in [-0.1, -0.05) is 47.8 Å². The molecule has 4 aromatic rings. The van der Waals surface area contributed by atoms with Gasteiger partial charge in [-0.05, 0) is 49.6 Å². The van der Waals surface area contributed by atoms with Crippen LogP contribution in [0.2, 0.25) is 0 Å². The van der Waals surface area contributed by atoms with Crippen LogP contribution in [-0.4, -0.2) is 97.5 Å². The van der Waals surface area contributed by atoms with Crippen LogP contribution < -0.4 is 32.1 Å². The van der Waals surface area contributed by atoms with Crippen LogP contribution >= 0.6 is 23.5 Å². The minimum atomic E-state index is -1.96. The number of rotatable bonds is 10. The van der Waals surface area contributed by atoms with E-state index in [-0.39, 0.29) is 7.12 Å². The fourth-order valence-electron chi connectivity index (χ4n) is 4.24. The van der Waals surface area contributed by atoms with Gasteiger partial charge < -0.3 is 14.5 Å². The third kappa shape index (κ3) is 11.5. The number of hydroxylamine groups is 2. The number of aryl methyl sites for hydroxylation is 2. The fraction of sp³-hybridized carbons (Fsp3) is 0.379. The van der Waals surface area contributed by atoms with E-state index in [1.807, 2.05) is 81.2 Å². The summed E-state index contributed by atoms with van der Waals surface area (Å²) in [5.41, 5.74) is 6.56. The Kier molecular flexibility index (Phi) is 17.3. The van der Waals surface area contributed by atoms with E-state index < -0.39 is 40.0 Å². The van der Waals surface area contributed by atoms with Gasteiger partial charge in [0.25, 0.3) is 0 Å². The second-order valence-corrected chi connectivity index (χ2v) is 14.3. The van der Waals surface area contributed by atoms with Gasteiger partial charge >= 0.3 is 23.5 Å². The minimum Gasteiger partial charge on any atom is -0.451 e. The standard InChI is InChI=1S/C14H19N5O4S2.C11H16N2O4S.C4H7N3OS.H2/c1-9-7-6-8-10(11(9)17(2)3)25(22)23-16-12(20)19-14(21)18(4)13(15-19)24-5;1-8-6-5-7-9(10(8)13(2)3)18(15)17-12-11(14)16-4;1-7-3(8)5-6-4(7)9-2;/h6-8H,1-5H3,(H,16,20);5-7H,1-4H3,(H,12,14);1-2H3,(H,5,8);1H. The Morgan fingerprint density at radius 1 is 0.827 bits per heavy atom. The monoisotopic (exact) mass is 804 g/mol. The van der Waals surface area contributed by atoms with Crippen molar-refractivity contribution < 1.29 is 32.7 Å². The van der Waals surface area contributed by atoms with Crippen molar-refractivity contribution in [2.24, 2.45) is 14.1 Å². The van der Waals surface area contributed by atoms with Crippen molar-refractivity contribution in [2.75, 3.05) is 57.6 Å². The van der Waals surface area contributed by atoms with E-state index in [9.17, 15) is 27.6 Å². The van der Waals surface area contributed by atoms with Gasteiger partial charge in [-0.15, -0.1) is 14.9 Å². The Bertz CT molecular complexity index is 2010. The molecule has 2 aromatic carbocycles. The molecule has 288 valence electrons. The first kappa shape index (κ1) is 43.7. The smallest absolute Gasteiger partial charge is 0.432 e. The maximum absolute atomic E-state index is 12.4. The molecule has 0 radical (unpaired) electrons. The fourth-order valence-corrected chi connectivity index (χ4v) is 7.11. The molecule has 4 rings (SSSR count). The summed E-state index contributed by atoms with van der Waals surface area (Å²) in [7, 11) is 11.7. The van der Waals surface area contributed by atoms with E-state index in [2.05, 4.69) is 20.0 Å². The van der Waals surface area contributed by atoms with Gasteiger partial charge in [0.05, 0.1) is 28.3 Å². The molecule has 0 aliphatic carbocycles. The van der Waals surface area contributed by atoms with Crippen molar-refractivity contribution in [3.8, 4) is 0 Å². The van der Waals surface area contributed by atoms with Crippen molar-refractivity contribution in [1.82, 2.24) is 40.1 Å². The summed E-state index contributed by atoms with van der Waals surface area (Å²) in [5.74, 6) is 0. The number of amides is 2. The van der Waals surface area contributed by atoms with E-state index in [0.29, 0.717) is 24.8 Å². The molecule has 2 heterocycles. The van der Waals surface area contributed by atoms with Crippen molar-refractivity contribution in [3.05, 3.63) is 68.5 Å². The van der Waals surface area contributed by atoms with Gasteiger partial charge in [-0.3, -0.25) is 9.13 Å². The average Bonchev–Trinajstić information content (AvgIpc) is 3.60. The number of benzene rings is 2. The first-order chi connectivity index (χ1) is 24.5. The number of ether oxygens (including phenoxy) is 1. The van der Waals surface area contributed by atoms with Gasteiger partial charge in [0.15, 0.2) is 10.3 Å². The molecule has 0 aliphatic heterocycles. The first-order valence-electron chi connectivity index (χ1n) is 14.7. The van der Waals surface area contributed by atoms with Gasteiger partial charge in [0.2, 0.25) is 22.2 Å². The summed E-state index contributed by atoms with van der Waals surface area (Å²) < 4.78 is 41.7. The lowest BCUT2D eigenvalue weighted by atomic mass is 10.2. The Labute approximate surface area is 315 Å². The zero-order valence-corrected chi connectivity index (χ0v) is 33.7. The number of thioether (sulfide) groups is 2. The molecule has 2 atom stereocenters. The highest BCUT2D eigenvalue weighted by Crippen LogP contribution is 2.27. The van der Waals surface area contributed by atoms with Crippen LogP contribution in [0.25, 0.3) is 0 Å². The van der Waals surface area contributed by atoms with Gasteiger partial charge in [-0.2, -0.15) is 19.5 Å². The maximum atomic E-state index is 12.4. The predicted octanol–water partition coefficient (Wildman–Crippen LogP) is 2.34. The topological polar surface area (TPSA) is 217 Å². The molecule has 3 N–H and O–H groups in total. The quantitative estimate of drug-likeness (QED) is 0.155. The molecule has 0 bridgehead atoms. The minimum absolute atomic E-state index is 0. The second-order valence-electron chi connectivity index (χ2n) is 10.6. The molecule has 19 nitrogen and oxygen atoms in total. The molecular weight excluding hydrogens is 761 g/mol. The molecule has 2 amide bonds. The van der Waals surface area contributed by atoms with E-state index in [4.69, 9.17) is 8.57 Å². The summed E-state index contributed by atoms with van der Waals surface area (Å²) in [4.78, 5) is 50.0. The molecule has 0 saturated heterocycles. The number of hydrogen-bond acceptors (Lipinski definition) is 15. The van der Waals surface area contributed by atoms with E-state index >= 15 is 0 Å². The zero-order valence-electron chi connectivity index (χ0n) is 30.4. The molecule has 0 spiro atoms. The zero-order chi connectivity index (χ0) is 39.3. The summed E-state index contributed by atoms with van der Waals surface area (Å²) in [5, 5.41) is 11.0. The number of aromatic nitrogens is 6. The maximum Gasteiger partial charge on any atom is 0.432 e. The summed E-state index contributed by atoms with van der Waals surface area (Å²) >= 11 is -1.10. The Morgan fingerprint density at radius 2 is 1.31 bits per heavy atom. The van der Waals surface area contributed by atoms with E-state index in [0.717, 1.165) is 22.5 Å². The Morgan fingerprint density at radius 3 is 1.67 bits per heavy atom. The summed E-state index contributed by atoms with van der Waals surface area (Å²) in [6.45, 7) is 3.79. The SMILES string of the molecule is COC(=O)NOS(=O)c1cccc(C)c1N(C)C.CSc1n[nH]c(=O)n1C.CSc1nn(C(=O)NOS(=O)c2cccc(C)c2N(C)C)c(=O)n1C.[HH]. The molecule has 2 unspecified atom stereocenters. The van der Waals surface area contributed by atoms with Crippen molar-refractivity contribution in [3.63, 3.8) is 0 Å². The molecule has 0 saturated carbocycles.